The van der Waals surface area contributed by atoms with Crippen LogP contribution in [0.2, 0.25) is 0 Å². The zero-order valence-electron chi connectivity index (χ0n) is 11.7. The number of hydroxylamine groups is 2. The standard InChI is InChI=1S/C13H28N2O/c1-7-11(14)16-15-12(3,4)8-10(2)9-13(15,5)6/h10-11H,7-9,14H2,1-6H3. The van der Waals surface area contributed by atoms with E-state index >= 15 is 0 Å². The van der Waals surface area contributed by atoms with Gasteiger partial charge in [-0.25, -0.2) is 0 Å². The minimum Gasteiger partial charge on any atom is -0.304 e. The van der Waals surface area contributed by atoms with Crippen LogP contribution in [0, 0.1) is 5.92 Å². The van der Waals surface area contributed by atoms with Crippen LogP contribution in [0.15, 0.2) is 0 Å². The Kier molecular flexibility index (Phi) is 4.04. The van der Waals surface area contributed by atoms with Gasteiger partial charge in [-0.1, -0.05) is 13.8 Å². The highest BCUT2D eigenvalue weighted by Gasteiger charge is 2.45. The molecule has 0 aromatic carbocycles. The number of rotatable bonds is 3. The number of nitrogens with zero attached hydrogens (tertiary/aromatic N) is 1. The van der Waals surface area contributed by atoms with Crippen molar-refractivity contribution in [3.8, 4) is 0 Å². The first kappa shape index (κ1) is 13.9. The molecule has 1 fully saturated rings. The molecule has 1 unspecified atom stereocenters. The predicted molar refractivity (Wildman–Crippen MR) is 67.7 cm³/mol. The summed E-state index contributed by atoms with van der Waals surface area (Å²) >= 11 is 0. The van der Waals surface area contributed by atoms with Crippen molar-refractivity contribution < 1.29 is 4.84 Å². The van der Waals surface area contributed by atoms with Crippen molar-refractivity contribution in [3.05, 3.63) is 0 Å². The van der Waals surface area contributed by atoms with Crippen molar-refractivity contribution in [1.29, 1.82) is 0 Å². The molecule has 2 N–H and O–H groups in total. The third kappa shape index (κ3) is 2.96. The summed E-state index contributed by atoms with van der Waals surface area (Å²) in [5, 5.41) is 2.13. The molecule has 1 rings (SSSR count). The third-order valence-electron chi connectivity index (χ3n) is 3.44. The zero-order valence-corrected chi connectivity index (χ0v) is 11.7. The summed E-state index contributed by atoms with van der Waals surface area (Å²) in [4.78, 5) is 5.93. The fourth-order valence-corrected chi connectivity index (χ4v) is 3.26. The van der Waals surface area contributed by atoms with Gasteiger partial charge >= 0.3 is 0 Å². The highest BCUT2D eigenvalue weighted by atomic mass is 16.7. The van der Waals surface area contributed by atoms with E-state index in [4.69, 9.17) is 10.6 Å². The van der Waals surface area contributed by atoms with E-state index in [2.05, 4.69) is 46.6 Å². The van der Waals surface area contributed by atoms with Crippen LogP contribution in [0.25, 0.3) is 0 Å². The van der Waals surface area contributed by atoms with Crippen LogP contribution in [0.1, 0.15) is 60.8 Å². The molecule has 3 heteroatoms. The van der Waals surface area contributed by atoms with Gasteiger partial charge in [-0.3, -0.25) is 4.84 Å². The first-order valence-electron chi connectivity index (χ1n) is 6.42. The summed E-state index contributed by atoms with van der Waals surface area (Å²) in [6.07, 6.45) is 2.98. The van der Waals surface area contributed by atoms with Gasteiger partial charge < -0.3 is 5.73 Å². The SMILES string of the molecule is CCC(N)ON1C(C)(C)CC(C)CC1(C)C. The monoisotopic (exact) mass is 228 g/mol. The van der Waals surface area contributed by atoms with E-state index in [-0.39, 0.29) is 17.3 Å². The lowest BCUT2D eigenvalue weighted by molar-refractivity contribution is -0.309. The lowest BCUT2D eigenvalue weighted by atomic mass is 9.76. The lowest BCUT2D eigenvalue weighted by Gasteiger charge is -2.54. The molecule has 16 heavy (non-hydrogen) atoms. The molecule has 1 aliphatic heterocycles. The number of hydrogen-bond donors (Lipinski definition) is 1. The van der Waals surface area contributed by atoms with Gasteiger partial charge in [-0.15, -0.1) is 0 Å². The van der Waals surface area contributed by atoms with Gasteiger partial charge in [0.2, 0.25) is 0 Å². The summed E-state index contributed by atoms with van der Waals surface area (Å²) in [7, 11) is 0. The molecule has 1 aliphatic rings. The molecule has 96 valence electrons. The Balaban J connectivity index is 2.84. The number of nitrogens with two attached hydrogens (primary N) is 1. The summed E-state index contributed by atoms with van der Waals surface area (Å²) in [6.45, 7) is 13.3. The predicted octanol–water partition coefficient (Wildman–Crippen LogP) is 2.90. The molecular formula is C13H28N2O. The van der Waals surface area contributed by atoms with E-state index in [0.717, 1.165) is 25.2 Å². The van der Waals surface area contributed by atoms with Crippen molar-refractivity contribution in [3.63, 3.8) is 0 Å². The van der Waals surface area contributed by atoms with E-state index in [1.165, 1.54) is 0 Å². The first-order valence-corrected chi connectivity index (χ1v) is 6.42. The van der Waals surface area contributed by atoms with Crippen molar-refractivity contribution >= 4 is 0 Å². The maximum atomic E-state index is 5.93. The molecule has 0 saturated carbocycles. The van der Waals surface area contributed by atoms with Gasteiger partial charge in [-0.2, -0.15) is 5.06 Å². The molecule has 1 atom stereocenters. The molecule has 0 spiro atoms. The van der Waals surface area contributed by atoms with Crippen molar-refractivity contribution in [2.24, 2.45) is 11.7 Å². The normalized spacial score (nSPS) is 27.9. The van der Waals surface area contributed by atoms with Gasteiger partial charge in [0.1, 0.15) is 6.23 Å². The van der Waals surface area contributed by atoms with Crippen LogP contribution in [-0.2, 0) is 4.84 Å². The summed E-state index contributed by atoms with van der Waals surface area (Å²) in [5.41, 5.74) is 6.04. The van der Waals surface area contributed by atoms with Gasteiger partial charge in [0.05, 0.1) is 0 Å². The maximum Gasteiger partial charge on any atom is 0.127 e. The average Bonchev–Trinajstić information content (AvgIpc) is 2.08. The van der Waals surface area contributed by atoms with Crippen LogP contribution in [0.5, 0.6) is 0 Å². The molecule has 1 heterocycles. The fraction of sp³-hybridized carbons (Fsp3) is 1.00. The highest BCUT2D eigenvalue weighted by molar-refractivity contribution is 4.95. The fourth-order valence-electron chi connectivity index (χ4n) is 3.26. The second-order valence-electron chi connectivity index (χ2n) is 6.48. The second-order valence-corrected chi connectivity index (χ2v) is 6.48. The van der Waals surface area contributed by atoms with Crippen molar-refractivity contribution in [2.75, 3.05) is 0 Å². The summed E-state index contributed by atoms with van der Waals surface area (Å²) < 4.78 is 0. The smallest absolute Gasteiger partial charge is 0.127 e. The molecule has 0 radical (unpaired) electrons. The van der Waals surface area contributed by atoms with Gasteiger partial charge in [0.15, 0.2) is 0 Å². The van der Waals surface area contributed by atoms with E-state index in [1.807, 2.05) is 0 Å². The van der Waals surface area contributed by atoms with Crippen LogP contribution in [0.3, 0.4) is 0 Å². The van der Waals surface area contributed by atoms with Crippen LogP contribution in [-0.4, -0.2) is 22.4 Å². The molecule has 0 amide bonds. The van der Waals surface area contributed by atoms with Crippen molar-refractivity contribution in [2.45, 2.75) is 78.1 Å². The Morgan fingerprint density at radius 3 is 2.06 bits per heavy atom. The van der Waals surface area contributed by atoms with Crippen LogP contribution in [0.4, 0.5) is 0 Å². The lowest BCUT2D eigenvalue weighted by Crippen LogP contribution is -2.61. The van der Waals surface area contributed by atoms with Gasteiger partial charge in [0.25, 0.3) is 0 Å². The second kappa shape index (κ2) is 4.63. The Labute approximate surface area is 100 Å². The van der Waals surface area contributed by atoms with Crippen LogP contribution >= 0.6 is 0 Å². The minimum atomic E-state index is -0.188. The number of hydrogen-bond acceptors (Lipinski definition) is 3. The molecule has 3 nitrogen and oxygen atoms in total. The van der Waals surface area contributed by atoms with Gasteiger partial charge in [-0.05, 0) is 52.9 Å². The number of piperidine rings is 1. The third-order valence-corrected chi connectivity index (χ3v) is 3.44. The Morgan fingerprint density at radius 1 is 1.25 bits per heavy atom. The van der Waals surface area contributed by atoms with Gasteiger partial charge in [0, 0.05) is 11.1 Å². The Morgan fingerprint density at radius 2 is 1.69 bits per heavy atom. The highest BCUT2D eigenvalue weighted by Crippen LogP contribution is 2.41. The van der Waals surface area contributed by atoms with E-state index < -0.39 is 0 Å². The Bertz CT molecular complexity index is 220. The molecule has 0 aromatic rings. The topological polar surface area (TPSA) is 38.5 Å². The quantitative estimate of drug-likeness (QED) is 0.755. The van der Waals surface area contributed by atoms with E-state index in [1.54, 1.807) is 0 Å². The molecule has 0 bridgehead atoms. The largest absolute Gasteiger partial charge is 0.304 e. The average molecular weight is 228 g/mol. The minimum absolute atomic E-state index is 0.0634. The van der Waals surface area contributed by atoms with Crippen LogP contribution < -0.4 is 5.73 Å². The first-order chi connectivity index (χ1) is 7.19. The Hall–Kier alpha value is -0.120. The van der Waals surface area contributed by atoms with E-state index in [9.17, 15) is 0 Å². The molecule has 1 saturated heterocycles. The summed E-state index contributed by atoms with van der Waals surface area (Å²) in [5.74, 6) is 0.739. The maximum absolute atomic E-state index is 5.93. The van der Waals surface area contributed by atoms with E-state index in [0.29, 0.717) is 0 Å². The zero-order chi connectivity index (χ0) is 12.6. The van der Waals surface area contributed by atoms with Crippen molar-refractivity contribution in [1.82, 2.24) is 5.06 Å². The molecular weight excluding hydrogens is 200 g/mol. The summed E-state index contributed by atoms with van der Waals surface area (Å²) in [6, 6.07) is 0. The molecule has 0 aromatic heterocycles. The molecule has 0 aliphatic carbocycles.